The number of unbranched alkanes of at least 4 members (excludes halogenated alkanes) is 9. The number of rotatable bonds is 13. The van der Waals surface area contributed by atoms with Gasteiger partial charge in [0, 0.05) is 12.1 Å². The molecule has 1 aliphatic rings. The lowest BCUT2D eigenvalue weighted by atomic mass is 9.93. The standard InChI is InChI=1S/C20H41NO2/c1-17(22)13-11-9-7-5-3-4-6-8-10-12-14-19-15-16-20(23)18(2)21-19/h17-23H,3-16H2,1-2H3/t17-,18+,19-,20+/m0/s1. The molecule has 3 heteroatoms. The third kappa shape index (κ3) is 11.1. The van der Waals surface area contributed by atoms with Gasteiger partial charge in [0.1, 0.15) is 0 Å². The Balaban J connectivity index is 1.78. The topological polar surface area (TPSA) is 52.5 Å². The molecule has 1 heterocycles. The maximum Gasteiger partial charge on any atom is 0.0691 e. The Morgan fingerprint density at radius 2 is 1.39 bits per heavy atom. The van der Waals surface area contributed by atoms with Crippen molar-refractivity contribution in [3.63, 3.8) is 0 Å². The second-order valence-electron chi connectivity index (χ2n) is 7.76. The maximum atomic E-state index is 9.71. The number of hydrogen-bond donors (Lipinski definition) is 3. The molecule has 0 aromatic carbocycles. The van der Waals surface area contributed by atoms with Gasteiger partial charge in [-0.1, -0.05) is 64.2 Å². The highest BCUT2D eigenvalue weighted by Crippen LogP contribution is 2.18. The van der Waals surface area contributed by atoms with Crippen molar-refractivity contribution in [3.8, 4) is 0 Å². The minimum Gasteiger partial charge on any atom is -0.393 e. The zero-order valence-corrected chi connectivity index (χ0v) is 15.6. The third-order valence-corrected chi connectivity index (χ3v) is 5.31. The van der Waals surface area contributed by atoms with Crippen LogP contribution in [-0.2, 0) is 0 Å². The number of hydrogen-bond acceptors (Lipinski definition) is 3. The van der Waals surface area contributed by atoms with Crippen molar-refractivity contribution >= 4 is 0 Å². The number of aliphatic hydroxyl groups excluding tert-OH is 2. The zero-order valence-electron chi connectivity index (χ0n) is 15.6. The minimum absolute atomic E-state index is 0.118. The van der Waals surface area contributed by atoms with Crippen LogP contribution in [0.5, 0.6) is 0 Å². The summed E-state index contributed by atoms with van der Waals surface area (Å²) in [5.74, 6) is 0. The van der Waals surface area contributed by atoms with Crippen LogP contribution in [-0.4, -0.2) is 34.5 Å². The van der Waals surface area contributed by atoms with E-state index in [0.29, 0.717) is 6.04 Å². The first kappa shape index (κ1) is 20.9. The van der Waals surface area contributed by atoms with E-state index in [-0.39, 0.29) is 18.2 Å². The molecule has 1 saturated heterocycles. The van der Waals surface area contributed by atoms with E-state index in [0.717, 1.165) is 19.3 Å². The van der Waals surface area contributed by atoms with Gasteiger partial charge in [-0.15, -0.1) is 0 Å². The van der Waals surface area contributed by atoms with Crippen LogP contribution in [0.1, 0.15) is 104 Å². The quantitative estimate of drug-likeness (QED) is 0.435. The molecule has 3 nitrogen and oxygen atoms in total. The molecule has 1 rings (SSSR count). The first-order valence-electron chi connectivity index (χ1n) is 10.2. The highest BCUT2D eigenvalue weighted by atomic mass is 16.3. The fourth-order valence-electron chi connectivity index (χ4n) is 3.66. The average Bonchev–Trinajstić information content (AvgIpc) is 2.51. The van der Waals surface area contributed by atoms with Gasteiger partial charge in [0.05, 0.1) is 12.2 Å². The van der Waals surface area contributed by atoms with Crippen molar-refractivity contribution < 1.29 is 10.2 Å². The van der Waals surface area contributed by atoms with Crippen LogP contribution < -0.4 is 5.32 Å². The van der Waals surface area contributed by atoms with Crippen LogP contribution in [0.25, 0.3) is 0 Å². The molecule has 0 amide bonds. The summed E-state index contributed by atoms with van der Waals surface area (Å²) in [6.07, 6.45) is 17.5. The summed E-state index contributed by atoms with van der Waals surface area (Å²) >= 11 is 0. The largest absolute Gasteiger partial charge is 0.393 e. The molecule has 0 radical (unpaired) electrons. The predicted octanol–water partition coefficient (Wildman–Crippen LogP) is 4.55. The van der Waals surface area contributed by atoms with E-state index in [4.69, 9.17) is 0 Å². The predicted molar refractivity (Wildman–Crippen MR) is 98.7 cm³/mol. The van der Waals surface area contributed by atoms with Gasteiger partial charge in [-0.2, -0.15) is 0 Å². The van der Waals surface area contributed by atoms with Gasteiger partial charge in [0.25, 0.3) is 0 Å². The monoisotopic (exact) mass is 327 g/mol. The van der Waals surface area contributed by atoms with Gasteiger partial charge in [0.15, 0.2) is 0 Å². The van der Waals surface area contributed by atoms with Crippen molar-refractivity contribution in [1.29, 1.82) is 0 Å². The zero-order chi connectivity index (χ0) is 16.9. The molecule has 0 aromatic rings. The van der Waals surface area contributed by atoms with Crippen LogP contribution >= 0.6 is 0 Å². The van der Waals surface area contributed by atoms with Gasteiger partial charge >= 0.3 is 0 Å². The van der Waals surface area contributed by atoms with Crippen molar-refractivity contribution in [3.05, 3.63) is 0 Å². The first-order chi connectivity index (χ1) is 11.1. The highest BCUT2D eigenvalue weighted by Gasteiger charge is 2.24. The molecule has 1 aliphatic heterocycles. The summed E-state index contributed by atoms with van der Waals surface area (Å²) in [5, 5.41) is 22.4. The lowest BCUT2D eigenvalue weighted by Gasteiger charge is -2.32. The van der Waals surface area contributed by atoms with Gasteiger partial charge in [-0.25, -0.2) is 0 Å². The summed E-state index contributed by atoms with van der Waals surface area (Å²) in [6.45, 7) is 3.98. The van der Waals surface area contributed by atoms with Crippen LogP contribution in [0.2, 0.25) is 0 Å². The molecule has 4 atom stereocenters. The Morgan fingerprint density at radius 1 is 0.870 bits per heavy atom. The Labute approximate surface area is 144 Å². The van der Waals surface area contributed by atoms with E-state index in [2.05, 4.69) is 12.2 Å². The second-order valence-corrected chi connectivity index (χ2v) is 7.76. The van der Waals surface area contributed by atoms with E-state index < -0.39 is 0 Å². The SMILES string of the molecule is C[C@H](O)CCCCCCCCCCCC[C@H]1CC[C@@H](O)[C@@H](C)N1. The average molecular weight is 328 g/mol. The van der Waals surface area contributed by atoms with Gasteiger partial charge in [0.2, 0.25) is 0 Å². The van der Waals surface area contributed by atoms with Crippen LogP contribution in [0.3, 0.4) is 0 Å². The lowest BCUT2D eigenvalue weighted by molar-refractivity contribution is 0.0849. The van der Waals surface area contributed by atoms with Crippen molar-refractivity contribution in [2.45, 2.75) is 128 Å². The van der Waals surface area contributed by atoms with Gasteiger partial charge < -0.3 is 15.5 Å². The smallest absolute Gasteiger partial charge is 0.0691 e. The third-order valence-electron chi connectivity index (χ3n) is 5.31. The normalized spacial score (nSPS) is 26.3. The molecular weight excluding hydrogens is 286 g/mol. The van der Waals surface area contributed by atoms with Crippen molar-refractivity contribution in [1.82, 2.24) is 5.32 Å². The first-order valence-corrected chi connectivity index (χ1v) is 10.2. The fourth-order valence-corrected chi connectivity index (χ4v) is 3.66. The molecule has 0 saturated carbocycles. The summed E-state index contributed by atoms with van der Waals surface area (Å²) in [5.41, 5.74) is 0. The fraction of sp³-hybridized carbons (Fsp3) is 1.00. The molecule has 0 aromatic heterocycles. The Hall–Kier alpha value is -0.120. The molecule has 1 fully saturated rings. The molecule has 0 bridgehead atoms. The van der Waals surface area contributed by atoms with E-state index in [1.54, 1.807) is 0 Å². The van der Waals surface area contributed by atoms with E-state index in [1.165, 1.54) is 70.6 Å². The summed E-state index contributed by atoms with van der Waals surface area (Å²) in [6, 6.07) is 0.907. The Morgan fingerprint density at radius 3 is 1.91 bits per heavy atom. The van der Waals surface area contributed by atoms with E-state index in [9.17, 15) is 10.2 Å². The van der Waals surface area contributed by atoms with E-state index >= 15 is 0 Å². The molecule has 0 aliphatic carbocycles. The van der Waals surface area contributed by atoms with Crippen LogP contribution in [0.15, 0.2) is 0 Å². The number of nitrogens with one attached hydrogen (secondary N) is 1. The van der Waals surface area contributed by atoms with Gasteiger partial charge in [-0.3, -0.25) is 0 Å². The number of piperidine rings is 1. The van der Waals surface area contributed by atoms with Crippen LogP contribution in [0, 0.1) is 0 Å². The highest BCUT2D eigenvalue weighted by molar-refractivity contribution is 4.83. The van der Waals surface area contributed by atoms with E-state index in [1.807, 2.05) is 6.92 Å². The van der Waals surface area contributed by atoms with Crippen molar-refractivity contribution in [2.24, 2.45) is 0 Å². The molecule has 0 unspecified atom stereocenters. The summed E-state index contributed by atoms with van der Waals surface area (Å²) in [4.78, 5) is 0. The van der Waals surface area contributed by atoms with Crippen LogP contribution in [0.4, 0.5) is 0 Å². The minimum atomic E-state index is -0.140. The molecular formula is C20H41NO2. The Bertz CT molecular complexity index is 270. The Kier molecular flexibility index (Phi) is 12.0. The molecule has 3 N–H and O–H groups in total. The maximum absolute atomic E-state index is 9.71. The lowest BCUT2D eigenvalue weighted by Crippen LogP contribution is -2.48. The van der Waals surface area contributed by atoms with Crippen molar-refractivity contribution in [2.75, 3.05) is 0 Å². The molecule has 0 spiro atoms. The second kappa shape index (κ2) is 13.2. The summed E-state index contributed by atoms with van der Waals surface area (Å²) < 4.78 is 0. The molecule has 23 heavy (non-hydrogen) atoms. The molecule has 138 valence electrons. The number of aliphatic hydroxyl groups is 2. The summed E-state index contributed by atoms with van der Waals surface area (Å²) in [7, 11) is 0. The van der Waals surface area contributed by atoms with Gasteiger partial charge in [-0.05, 0) is 39.5 Å².